The Morgan fingerprint density at radius 2 is 1.80 bits per heavy atom. The fraction of sp³-hybridized carbons (Fsp3) is 0.846. The Balaban J connectivity index is 1.84. The molecule has 3 N–H and O–H groups in total. The van der Waals surface area contributed by atoms with Crippen molar-refractivity contribution in [3.63, 3.8) is 0 Å². The summed E-state index contributed by atoms with van der Waals surface area (Å²) in [7, 11) is 0. The fourth-order valence-electron chi connectivity index (χ4n) is 2.48. The van der Waals surface area contributed by atoms with Gasteiger partial charge in [-0.25, -0.2) is 9.59 Å². The lowest BCUT2D eigenvalue weighted by atomic mass is 9.82. The van der Waals surface area contributed by atoms with Gasteiger partial charge in [0, 0.05) is 32.8 Å². The van der Waals surface area contributed by atoms with Gasteiger partial charge >= 0.3 is 12.0 Å². The van der Waals surface area contributed by atoms with Crippen molar-refractivity contribution in [2.75, 3.05) is 33.0 Å². The van der Waals surface area contributed by atoms with E-state index in [4.69, 9.17) is 9.47 Å². The zero-order chi connectivity index (χ0) is 14.6. The molecule has 2 saturated heterocycles. The Morgan fingerprint density at radius 1 is 1.15 bits per heavy atom. The molecule has 2 fully saturated rings. The summed E-state index contributed by atoms with van der Waals surface area (Å²) < 4.78 is 10.4. The maximum atomic E-state index is 11.9. The van der Waals surface area contributed by atoms with E-state index in [0.717, 1.165) is 12.8 Å². The molecule has 0 saturated carbocycles. The largest absolute Gasteiger partial charge is 0.479 e. The van der Waals surface area contributed by atoms with Crippen molar-refractivity contribution < 1.29 is 24.2 Å². The first-order valence-corrected chi connectivity index (χ1v) is 6.91. The van der Waals surface area contributed by atoms with Crippen molar-refractivity contribution in [2.45, 2.75) is 31.7 Å². The minimum absolute atomic E-state index is 0.0121. The van der Waals surface area contributed by atoms with Gasteiger partial charge in [-0.15, -0.1) is 0 Å². The standard InChI is InChI=1S/C13H22N2O5/c1-12(2-5-19-6-3-12)8-14-11(18)15-13(10(16)17)4-7-20-9-13/h2-9H2,1H3,(H,16,17)(H2,14,15,18). The normalized spacial score (nSPS) is 28.9. The number of nitrogens with one attached hydrogen (secondary N) is 2. The van der Waals surface area contributed by atoms with Crippen LogP contribution in [0.3, 0.4) is 0 Å². The summed E-state index contributed by atoms with van der Waals surface area (Å²) in [5, 5.41) is 14.6. The smallest absolute Gasteiger partial charge is 0.332 e. The first kappa shape index (κ1) is 15.1. The van der Waals surface area contributed by atoms with E-state index in [0.29, 0.717) is 32.8 Å². The number of ether oxygens (including phenoxy) is 2. The summed E-state index contributed by atoms with van der Waals surface area (Å²) in [5.41, 5.74) is -1.28. The van der Waals surface area contributed by atoms with Crippen LogP contribution >= 0.6 is 0 Å². The quantitative estimate of drug-likeness (QED) is 0.692. The molecule has 2 rings (SSSR count). The van der Waals surface area contributed by atoms with Gasteiger partial charge in [0.25, 0.3) is 0 Å². The van der Waals surface area contributed by atoms with Crippen molar-refractivity contribution in [2.24, 2.45) is 5.41 Å². The average Bonchev–Trinajstić information content (AvgIpc) is 2.87. The molecule has 2 aliphatic heterocycles. The van der Waals surface area contributed by atoms with Crippen LogP contribution in [-0.2, 0) is 14.3 Å². The third-order valence-corrected chi connectivity index (χ3v) is 4.16. The molecule has 2 heterocycles. The Kier molecular flexibility index (Phi) is 4.49. The summed E-state index contributed by atoms with van der Waals surface area (Å²) in [6.07, 6.45) is 2.07. The highest BCUT2D eigenvalue weighted by atomic mass is 16.5. The molecule has 1 unspecified atom stereocenters. The second kappa shape index (κ2) is 5.97. The van der Waals surface area contributed by atoms with Gasteiger partial charge in [0.05, 0.1) is 6.61 Å². The molecular formula is C13H22N2O5. The van der Waals surface area contributed by atoms with E-state index >= 15 is 0 Å². The molecule has 114 valence electrons. The van der Waals surface area contributed by atoms with Crippen molar-refractivity contribution in [1.82, 2.24) is 10.6 Å². The second-order valence-corrected chi connectivity index (χ2v) is 5.92. The van der Waals surface area contributed by atoms with Gasteiger partial charge in [-0.05, 0) is 18.3 Å². The van der Waals surface area contributed by atoms with Gasteiger partial charge in [-0.2, -0.15) is 0 Å². The van der Waals surface area contributed by atoms with Crippen LogP contribution in [0.25, 0.3) is 0 Å². The second-order valence-electron chi connectivity index (χ2n) is 5.92. The summed E-state index contributed by atoms with van der Waals surface area (Å²) >= 11 is 0. The maximum Gasteiger partial charge on any atom is 0.332 e. The predicted octanol–water partition coefficient (Wildman–Crippen LogP) is 0.346. The molecule has 7 nitrogen and oxygen atoms in total. The van der Waals surface area contributed by atoms with Crippen molar-refractivity contribution in [1.29, 1.82) is 0 Å². The number of amides is 2. The van der Waals surface area contributed by atoms with Crippen LogP contribution in [0.1, 0.15) is 26.2 Å². The molecule has 7 heteroatoms. The maximum absolute atomic E-state index is 11.9. The van der Waals surface area contributed by atoms with Crippen LogP contribution in [0.2, 0.25) is 0 Å². The number of aliphatic carboxylic acids is 1. The molecule has 0 bridgehead atoms. The number of rotatable bonds is 4. The van der Waals surface area contributed by atoms with Crippen molar-refractivity contribution in [3.8, 4) is 0 Å². The predicted molar refractivity (Wildman–Crippen MR) is 70.5 cm³/mol. The molecule has 0 aromatic rings. The van der Waals surface area contributed by atoms with E-state index < -0.39 is 17.5 Å². The van der Waals surface area contributed by atoms with Crippen LogP contribution in [0, 0.1) is 5.41 Å². The van der Waals surface area contributed by atoms with Gasteiger partial charge in [0.1, 0.15) is 0 Å². The topological polar surface area (TPSA) is 96.9 Å². The zero-order valence-corrected chi connectivity index (χ0v) is 11.7. The summed E-state index contributed by atoms with van der Waals surface area (Å²) in [6, 6.07) is -0.453. The number of carboxylic acids is 1. The molecule has 2 aliphatic rings. The van der Waals surface area contributed by atoms with E-state index in [1.807, 2.05) is 0 Å². The van der Waals surface area contributed by atoms with Crippen LogP contribution < -0.4 is 10.6 Å². The summed E-state index contributed by atoms with van der Waals surface area (Å²) in [5.74, 6) is -1.05. The molecule has 0 aliphatic carbocycles. The van der Waals surface area contributed by atoms with Crippen LogP contribution in [0.4, 0.5) is 4.79 Å². The van der Waals surface area contributed by atoms with Crippen molar-refractivity contribution in [3.05, 3.63) is 0 Å². The lowest BCUT2D eigenvalue weighted by Gasteiger charge is -2.34. The highest BCUT2D eigenvalue weighted by molar-refractivity contribution is 5.86. The SMILES string of the molecule is CC1(CNC(=O)NC2(C(=O)O)CCOC2)CCOCC1. The molecule has 0 spiro atoms. The van der Waals surface area contributed by atoms with E-state index in [1.165, 1.54) is 0 Å². The Labute approximate surface area is 118 Å². The first-order valence-electron chi connectivity index (χ1n) is 6.91. The Morgan fingerprint density at radius 3 is 2.35 bits per heavy atom. The monoisotopic (exact) mass is 286 g/mol. The Bertz CT molecular complexity index is 373. The number of hydrogen-bond acceptors (Lipinski definition) is 4. The minimum Gasteiger partial charge on any atom is -0.479 e. The lowest BCUT2D eigenvalue weighted by molar-refractivity contribution is -0.144. The third-order valence-electron chi connectivity index (χ3n) is 4.16. The molecule has 0 radical (unpaired) electrons. The van der Waals surface area contributed by atoms with E-state index in [2.05, 4.69) is 17.6 Å². The van der Waals surface area contributed by atoms with Gasteiger partial charge < -0.3 is 25.2 Å². The third kappa shape index (κ3) is 3.40. The van der Waals surface area contributed by atoms with E-state index in [9.17, 15) is 14.7 Å². The number of carbonyl (C=O) groups is 2. The van der Waals surface area contributed by atoms with Gasteiger partial charge in [0.15, 0.2) is 5.54 Å². The summed E-state index contributed by atoms with van der Waals surface area (Å²) in [6.45, 7) is 4.38. The molecule has 20 heavy (non-hydrogen) atoms. The molecule has 0 aromatic heterocycles. The Hall–Kier alpha value is -1.34. The van der Waals surface area contributed by atoms with Gasteiger partial charge in [-0.3, -0.25) is 0 Å². The van der Waals surface area contributed by atoms with E-state index in [-0.39, 0.29) is 12.0 Å². The van der Waals surface area contributed by atoms with Gasteiger partial charge in [-0.1, -0.05) is 6.92 Å². The molecule has 2 amide bonds. The molecular weight excluding hydrogens is 264 g/mol. The number of carboxylic acid groups (broad SMARTS) is 1. The zero-order valence-electron chi connectivity index (χ0n) is 11.7. The average molecular weight is 286 g/mol. The lowest BCUT2D eigenvalue weighted by Crippen LogP contribution is -2.58. The van der Waals surface area contributed by atoms with Crippen LogP contribution in [0.15, 0.2) is 0 Å². The number of urea groups is 1. The van der Waals surface area contributed by atoms with Gasteiger partial charge in [0.2, 0.25) is 0 Å². The fourth-order valence-corrected chi connectivity index (χ4v) is 2.48. The first-order chi connectivity index (χ1) is 9.46. The number of hydrogen-bond donors (Lipinski definition) is 3. The minimum atomic E-state index is -1.29. The molecule has 1 atom stereocenters. The van der Waals surface area contributed by atoms with Crippen LogP contribution in [0.5, 0.6) is 0 Å². The highest BCUT2D eigenvalue weighted by Crippen LogP contribution is 2.28. The molecule has 0 aromatic carbocycles. The van der Waals surface area contributed by atoms with Crippen LogP contribution in [-0.4, -0.2) is 55.6 Å². The van der Waals surface area contributed by atoms with Crippen molar-refractivity contribution >= 4 is 12.0 Å². The van der Waals surface area contributed by atoms with E-state index in [1.54, 1.807) is 0 Å². The highest BCUT2D eigenvalue weighted by Gasteiger charge is 2.44. The number of carbonyl (C=O) groups excluding carboxylic acids is 1. The summed E-state index contributed by atoms with van der Waals surface area (Å²) in [4.78, 5) is 23.2.